The fourth-order valence-electron chi connectivity index (χ4n) is 1.52. The van der Waals surface area contributed by atoms with Crippen molar-refractivity contribution in [1.82, 2.24) is 10.6 Å². The number of carbonyl (C=O) groups is 2. The first kappa shape index (κ1) is 16.5. The smallest absolute Gasteiger partial charge is 0.229 e. The van der Waals surface area contributed by atoms with Crippen LogP contribution < -0.4 is 10.6 Å². The van der Waals surface area contributed by atoms with Gasteiger partial charge in [-0.3, -0.25) is 9.59 Å². The third-order valence-corrected chi connectivity index (χ3v) is 2.82. The van der Waals surface area contributed by atoms with Gasteiger partial charge in [0.25, 0.3) is 0 Å². The number of benzene rings is 1. The van der Waals surface area contributed by atoms with Crippen molar-refractivity contribution in [3.05, 3.63) is 34.9 Å². The van der Waals surface area contributed by atoms with Crippen LogP contribution in [0.4, 0.5) is 0 Å². The summed E-state index contributed by atoms with van der Waals surface area (Å²) in [5, 5.41) is 5.99. The van der Waals surface area contributed by atoms with Crippen molar-refractivity contribution in [2.75, 3.05) is 20.3 Å². The Morgan fingerprint density at radius 3 is 2.45 bits per heavy atom. The van der Waals surface area contributed by atoms with Gasteiger partial charge in [0.05, 0.1) is 0 Å². The monoisotopic (exact) mass is 298 g/mol. The topological polar surface area (TPSA) is 67.4 Å². The molecule has 1 aromatic carbocycles. The summed E-state index contributed by atoms with van der Waals surface area (Å²) in [4.78, 5) is 23.0. The third-order valence-electron chi connectivity index (χ3n) is 2.57. The number of hydrogen-bond donors (Lipinski definition) is 2. The van der Waals surface area contributed by atoms with Crippen LogP contribution in [-0.2, 0) is 20.9 Å². The lowest BCUT2D eigenvalue weighted by atomic mass is 10.2. The Kier molecular flexibility index (Phi) is 7.69. The zero-order valence-electron chi connectivity index (χ0n) is 11.4. The summed E-state index contributed by atoms with van der Waals surface area (Å²) < 4.78 is 4.86. The van der Waals surface area contributed by atoms with Gasteiger partial charge in [0.1, 0.15) is 6.42 Å². The SMILES string of the molecule is COCCCNC(=O)CC(=O)NCc1ccc(Cl)cc1. The van der Waals surface area contributed by atoms with Crippen molar-refractivity contribution >= 4 is 23.4 Å². The summed E-state index contributed by atoms with van der Waals surface area (Å²) >= 11 is 5.76. The van der Waals surface area contributed by atoms with Gasteiger partial charge in [0.15, 0.2) is 0 Å². The predicted octanol–water partition coefficient (Wildman–Crippen LogP) is 1.50. The van der Waals surface area contributed by atoms with Crippen molar-refractivity contribution in [1.29, 1.82) is 0 Å². The molecule has 0 bridgehead atoms. The number of ether oxygens (including phenoxy) is 1. The molecule has 20 heavy (non-hydrogen) atoms. The van der Waals surface area contributed by atoms with Crippen LogP contribution in [0.25, 0.3) is 0 Å². The van der Waals surface area contributed by atoms with Gasteiger partial charge in [-0.2, -0.15) is 0 Å². The Morgan fingerprint density at radius 2 is 1.80 bits per heavy atom. The Labute approximate surface area is 123 Å². The first-order chi connectivity index (χ1) is 9.61. The summed E-state index contributed by atoms with van der Waals surface area (Å²) in [7, 11) is 1.60. The highest BCUT2D eigenvalue weighted by Gasteiger charge is 2.08. The molecule has 0 radical (unpaired) electrons. The van der Waals surface area contributed by atoms with E-state index in [1.54, 1.807) is 19.2 Å². The summed E-state index contributed by atoms with van der Waals surface area (Å²) in [6.45, 7) is 1.48. The van der Waals surface area contributed by atoms with E-state index in [1.165, 1.54) is 0 Å². The lowest BCUT2D eigenvalue weighted by Gasteiger charge is -2.06. The van der Waals surface area contributed by atoms with Crippen molar-refractivity contribution in [2.24, 2.45) is 0 Å². The number of halogens is 1. The molecule has 0 aliphatic carbocycles. The molecule has 110 valence electrons. The van der Waals surface area contributed by atoms with Crippen LogP contribution in [0, 0.1) is 0 Å². The minimum atomic E-state index is -0.302. The Hall–Kier alpha value is -1.59. The lowest BCUT2D eigenvalue weighted by Crippen LogP contribution is -2.32. The molecule has 0 aliphatic rings. The molecule has 2 amide bonds. The van der Waals surface area contributed by atoms with E-state index in [4.69, 9.17) is 16.3 Å². The second-order valence-electron chi connectivity index (χ2n) is 4.28. The van der Waals surface area contributed by atoms with Gasteiger partial charge in [0.2, 0.25) is 11.8 Å². The van der Waals surface area contributed by atoms with Crippen molar-refractivity contribution in [3.8, 4) is 0 Å². The second-order valence-corrected chi connectivity index (χ2v) is 4.71. The maximum absolute atomic E-state index is 11.6. The first-order valence-electron chi connectivity index (χ1n) is 6.38. The molecule has 1 rings (SSSR count). The lowest BCUT2D eigenvalue weighted by molar-refractivity contribution is -0.129. The van der Waals surface area contributed by atoms with E-state index in [2.05, 4.69) is 10.6 Å². The van der Waals surface area contributed by atoms with Gasteiger partial charge in [-0.25, -0.2) is 0 Å². The molecule has 5 nitrogen and oxygen atoms in total. The molecule has 0 unspecified atom stereocenters. The molecule has 0 heterocycles. The molecular formula is C14H19ClN2O3. The summed E-state index contributed by atoms with van der Waals surface area (Å²) in [5.41, 5.74) is 0.934. The Balaban J connectivity index is 2.19. The minimum absolute atomic E-state index is 0.166. The highest BCUT2D eigenvalue weighted by molar-refractivity contribution is 6.30. The van der Waals surface area contributed by atoms with Crippen molar-refractivity contribution < 1.29 is 14.3 Å². The van der Waals surface area contributed by atoms with Gasteiger partial charge < -0.3 is 15.4 Å². The standard InChI is InChI=1S/C14H19ClN2O3/c1-20-8-2-7-16-13(18)9-14(19)17-10-11-3-5-12(15)6-4-11/h3-6H,2,7-10H2,1H3,(H,16,18)(H,17,19). The van der Waals surface area contributed by atoms with E-state index in [9.17, 15) is 9.59 Å². The van der Waals surface area contributed by atoms with Crippen LogP contribution in [0.5, 0.6) is 0 Å². The van der Waals surface area contributed by atoms with Crippen LogP contribution >= 0.6 is 11.6 Å². The summed E-state index contributed by atoms with van der Waals surface area (Å²) in [6.07, 6.45) is 0.565. The number of nitrogens with one attached hydrogen (secondary N) is 2. The number of hydrogen-bond acceptors (Lipinski definition) is 3. The second kappa shape index (κ2) is 9.34. The zero-order valence-corrected chi connectivity index (χ0v) is 12.2. The molecule has 0 fully saturated rings. The number of methoxy groups -OCH3 is 1. The Bertz CT molecular complexity index is 435. The van der Waals surface area contributed by atoms with E-state index in [0.29, 0.717) is 24.7 Å². The van der Waals surface area contributed by atoms with Crippen LogP contribution in [-0.4, -0.2) is 32.1 Å². The molecular weight excluding hydrogens is 280 g/mol. The summed E-state index contributed by atoms with van der Waals surface area (Å²) in [6, 6.07) is 7.16. The minimum Gasteiger partial charge on any atom is -0.385 e. The van der Waals surface area contributed by atoms with E-state index < -0.39 is 0 Å². The van der Waals surface area contributed by atoms with E-state index in [1.807, 2.05) is 12.1 Å². The fourth-order valence-corrected chi connectivity index (χ4v) is 1.64. The van der Waals surface area contributed by atoms with Gasteiger partial charge in [0, 0.05) is 31.8 Å². The highest BCUT2D eigenvalue weighted by Crippen LogP contribution is 2.09. The number of amides is 2. The molecule has 0 aliphatic heterocycles. The summed E-state index contributed by atoms with van der Waals surface area (Å²) in [5.74, 6) is -0.584. The maximum Gasteiger partial charge on any atom is 0.229 e. The zero-order chi connectivity index (χ0) is 14.8. The van der Waals surface area contributed by atoms with E-state index in [0.717, 1.165) is 12.0 Å². The van der Waals surface area contributed by atoms with Gasteiger partial charge in [-0.15, -0.1) is 0 Å². The van der Waals surface area contributed by atoms with Crippen LogP contribution in [0.15, 0.2) is 24.3 Å². The molecule has 0 atom stereocenters. The van der Waals surface area contributed by atoms with Crippen LogP contribution in [0.3, 0.4) is 0 Å². The van der Waals surface area contributed by atoms with Gasteiger partial charge in [-0.05, 0) is 24.1 Å². The third kappa shape index (κ3) is 7.11. The number of carbonyl (C=O) groups excluding carboxylic acids is 2. The molecule has 0 aromatic heterocycles. The largest absolute Gasteiger partial charge is 0.385 e. The Morgan fingerprint density at radius 1 is 1.15 bits per heavy atom. The average molecular weight is 299 g/mol. The first-order valence-corrected chi connectivity index (χ1v) is 6.76. The average Bonchev–Trinajstić information content (AvgIpc) is 2.43. The predicted molar refractivity (Wildman–Crippen MR) is 77.4 cm³/mol. The maximum atomic E-state index is 11.6. The van der Waals surface area contributed by atoms with E-state index >= 15 is 0 Å². The highest BCUT2D eigenvalue weighted by atomic mass is 35.5. The van der Waals surface area contributed by atoms with E-state index in [-0.39, 0.29) is 18.2 Å². The van der Waals surface area contributed by atoms with Crippen molar-refractivity contribution in [2.45, 2.75) is 19.4 Å². The molecule has 0 saturated carbocycles. The quantitative estimate of drug-likeness (QED) is 0.564. The number of rotatable bonds is 8. The van der Waals surface area contributed by atoms with Crippen LogP contribution in [0.1, 0.15) is 18.4 Å². The van der Waals surface area contributed by atoms with Crippen molar-refractivity contribution in [3.63, 3.8) is 0 Å². The normalized spacial score (nSPS) is 10.1. The molecule has 6 heteroatoms. The molecule has 0 saturated heterocycles. The van der Waals surface area contributed by atoms with Gasteiger partial charge in [-0.1, -0.05) is 23.7 Å². The molecule has 0 spiro atoms. The van der Waals surface area contributed by atoms with Crippen LogP contribution in [0.2, 0.25) is 5.02 Å². The van der Waals surface area contributed by atoms with Gasteiger partial charge >= 0.3 is 0 Å². The molecule has 1 aromatic rings. The fraction of sp³-hybridized carbons (Fsp3) is 0.429. The molecule has 2 N–H and O–H groups in total.